The fraction of sp³-hybridized carbons (Fsp3) is 0.812. The van der Waals surface area contributed by atoms with Crippen LogP contribution in [0.15, 0.2) is 4.52 Å². The van der Waals surface area contributed by atoms with E-state index in [9.17, 15) is 4.79 Å². The number of ether oxygens (including phenoxy) is 1. The van der Waals surface area contributed by atoms with E-state index in [0.717, 1.165) is 52.0 Å². The van der Waals surface area contributed by atoms with E-state index in [2.05, 4.69) is 20.4 Å². The van der Waals surface area contributed by atoms with Crippen molar-refractivity contribution >= 4 is 5.91 Å². The number of nitrogens with zero attached hydrogens (tertiary/aromatic N) is 4. The molecule has 1 N–H and O–H groups in total. The van der Waals surface area contributed by atoms with Gasteiger partial charge in [-0.1, -0.05) is 5.16 Å². The first-order valence-electron chi connectivity index (χ1n) is 8.77. The molecule has 0 aromatic carbocycles. The van der Waals surface area contributed by atoms with Crippen LogP contribution in [0.25, 0.3) is 0 Å². The van der Waals surface area contributed by atoms with Crippen molar-refractivity contribution in [1.82, 2.24) is 25.3 Å². The molecule has 24 heavy (non-hydrogen) atoms. The highest BCUT2D eigenvalue weighted by atomic mass is 16.5. The molecule has 2 saturated heterocycles. The predicted octanol–water partition coefficient (Wildman–Crippen LogP) is 0.563. The number of nitrogens with one attached hydrogen (secondary N) is 1. The van der Waals surface area contributed by atoms with E-state index in [0.29, 0.717) is 18.3 Å². The molecule has 0 spiro atoms. The Labute approximate surface area is 142 Å². The molecule has 2 aliphatic rings. The highest BCUT2D eigenvalue weighted by molar-refractivity contribution is 5.82. The van der Waals surface area contributed by atoms with Crippen molar-refractivity contribution < 1.29 is 14.1 Å². The van der Waals surface area contributed by atoms with Crippen molar-refractivity contribution in [2.24, 2.45) is 0 Å². The smallest absolute Gasteiger partial charge is 0.240 e. The minimum Gasteiger partial charge on any atom is -0.374 e. The molecule has 1 amide bonds. The quantitative estimate of drug-likeness (QED) is 0.840. The summed E-state index contributed by atoms with van der Waals surface area (Å²) < 4.78 is 10.5. The van der Waals surface area contributed by atoms with Crippen LogP contribution < -0.4 is 5.32 Å². The number of aromatic nitrogens is 2. The lowest BCUT2D eigenvalue weighted by atomic mass is 10.2. The first-order chi connectivity index (χ1) is 11.7. The van der Waals surface area contributed by atoms with E-state index in [1.165, 1.54) is 0 Å². The molecule has 0 radical (unpaired) electrons. The van der Waals surface area contributed by atoms with Crippen molar-refractivity contribution in [2.45, 2.75) is 44.9 Å². The lowest BCUT2D eigenvalue weighted by molar-refractivity contribution is -0.132. The molecule has 8 nitrogen and oxygen atoms in total. The van der Waals surface area contributed by atoms with Crippen LogP contribution in [0.2, 0.25) is 0 Å². The van der Waals surface area contributed by atoms with E-state index in [1.807, 2.05) is 11.8 Å². The van der Waals surface area contributed by atoms with Gasteiger partial charge in [0.2, 0.25) is 11.8 Å². The number of carbonyl (C=O) groups is 1. The van der Waals surface area contributed by atoms with Gasteiger partial charge in [0.25, 0.3) is 0 Å². The van der Waals surface area contributed by atoms with Gasteiger partial charge in [0, 0.05) is 33.3 Å². The van der Waals surface area contributed by atoms with Gasteiger partial charge in [-0.05, 0) is 32.7 Å². The Morgan fingerprint density at radius 2 is 2.25 bits per heavy atom. The third kappa shape index (κ3) is 4.12. The van der Waals surface area contributed by atoms with Gasteiger partial charge in [-0.25, -0.2) is 0 Å². The van der Waals surface area contributed by atoms with Crippen LogP contribution >= 0.6 is 0 Å². The summed E-state index contributed by atoms with van der Waals surface area (Å²) in [6, 6.07) is 0.0191. The zero-order valence-corrected chi connectivity index (χ0v) is 14.5. The standard InChI is InChI=1S/C16H27N5O3/c1-12(23-2)15-18-14(24-19-15)11-20-7-4-8-21(10-9-20)16(22)13-5-3-6-17-13/h12-13,17H,3-11H2,1-2H3. The van der Waals surface area contributed by atoms with E-state index in [1.54, 1.807) is 7.11 Å². The average molecular weight is 337 g/mol. The normalized spacial score (nSPS) is 24.1. The van der Waals surface area contributed by atoms with Crippen molar-refractivity contribution in [2.75, 3.05) is 39.8 Å². The SMILES string of the molecule is COC(C)c1noc(CN2CCCN(C(=O)C3CCCN3)CC2)n1. The van der Waals surface area contributed by atoms with Crippen LogP contribution in [0.5, 0.6) is 0 Å². The van der Waals surface area contributed by atoms with Gasteiger partial charge in [0.05, 0.1) is 12.6 Å². The van der Waals surface area contributed by atoms with Crippen molar-refractivity contribution in [1.29, 1.82) is 0 Å². The fourth-order valence-electron chi connectivity index (χ4n) is 3.26. The van der Waals surface area contributed by atoms with Gasteiger partial charge in [0.1, 0.15) is 6.10 Å². The molecule has 2 atom stereocenters. The Bertz CT molecular complexity index is 544. The third-order valence-electron chi connectivity index (χ3n) is 4.82. The van der Waals surface area contributed by atoms with Crippen molar-refractivity contribution in [3.05, 3.63) is 11.7 Å². The Kier molecular flexibility index (Phi) is 5.80. The zero-order chi connectivity index (χ0) is 16.9. The maximum absolute atomic E-state index is 12.5. The van der Waals surface area contributed by atoms with E-state index in [4.69, 9.17) is 9.26 Å². The van der Waals surface area contributed by atoms with Crippen LogP contribution in [0.1, 0.15) is 44.0 Å². The van der Waals surface area contributed by atoms with Gasteiger partial charge < -0.3 is 19.5 Å². The maximum atomic E-state index is 12.5. The third-order valence-corrected chi connectivity index (χ3v) is 4.82. The summed E-state index contributed by atoms with van der Waals surface area (Å²) in [5, 5.41) is 7.25. The van der Waals surface area contributed by atoms with Gasteiger partial charge in [-0.15, -0.1) is 0 Å². The number of amides is 1. The molecule has 2 unspecified atom stereocenters. The summed E-state index contributed by atoms with van der Waals surface area (Å²) in [4.78, 5) is 21.2. The summed E-state index contributed by atoms with van der Waals surface area (Å²) >= 11 is 0. The summed E-state index contributed by atoms with van der Waals surface area (Å²) in [6.07, 6.45) is 2.85. The Morgan fingerprint density at radius 3 is 3.00 bits per heavy atom. The van der Waals surface area contributed by atoms with E-state index >= 15 is 0 Å². The molecule has 2 aliphatic heterocycles. The summed E-state index contributed by atoms with van der Waals surface area (Å²) in [7, 11) is 1.63. The first-order valence-corrected chi connectivity index (χ1v) is 8.77. The first kappa shape index (κ1) is 17.3. The zero-order valence-electron chi connectivity index (χ0n) is 14.5. The van der Waals surface area contributed by atoms with Crippen molar-refractivity contribution in [3.8, 4) is 0 Å². The highest BCUT2D eigenvalue weighted by Crippen LogP contribution is 2.15. The second-order valence-electron chi connectivity index (χ2n) is 6.53. The Hall–Kier alpha value is -1.51. The van der Waals surface area contributed by atoms with Crippen LogP contribution in [0, 0.1) is 0 Å². The summed E-state index contributed by atoms with van der Waals surface area (Å²) in [5.41, 5.74) is 0. The average Bonchev–Trinajstić information content (AvgIpc) is 3.23. The molecule has 1 aromatic heterocycles. The monoisotopic (exact) mass is 337 g/mol. The number of hydrogen-bond acceptors (Lipinski definition) is 7. The van der Waals surface area contributed by atoms with Crippen LogP contribution in [0.3, 0.4) is 0 Å². The fourth-order valence-corrected chi connectivity index (χ4v) is 3.26. The molecular weight excluding hydrogens is 310 g/mol. The second kappa shape index (κ2) is 8.04. The molecule has 8 heteroatoms. The molecule has 1 aromatic rings. The number of methoxy groups -OCH3 is 1. The molecule has 3 heterocycles. The molecule has 0 bridgehead atoms. The van der Waals surface area contributed by atoms with Gasteiger partial charge >= 0.3 is 0 Å². The number of rotatable bonds is 5. The largest absolute Gasteiger partial charge is 0.374 e. The topological polar surface area (TPSA) is 83.7 Å². The lowest BCUT2D eigenvalue weighted by Gasteiger charge is -2.24. The summed E-state index contributed by atoms with van der Waals surface area (Å²) in [6.45, 7) is 6.80. The number of hydrogen-bond donors (Lipinski definition) is 1. The van der Waals surface area contributed by atoms with Crippen LogP contribution in [-0.2, 0) is 16.1 Å². The van der Waals surface area contributed by atoms with Crippen LogP contribution in [0.4, 0.5) is 0 Å². The summed E-state index contributed by atoms with van der Waals surface area (Å²) in [5.74, 6) is 1.43. The second-order valence-corrected chi connectivity index (χ2v) is 6.53. The molecule has 134 valence electrons. The van der Waals surface area contributed by atoms with Crippen LogP contribution in [-0.4, -0.2) is 71.7 Å². The molecule has 0 aliphatic carbocycles. The van der Waals surface area contributed by atoms with Gasteiger partial charge in [-0.2, -0.15) is 4.98 Å². The van der Waals surface area contributed by atoms with E-state index < -0.39 is 0 Å². The predicted molar refractivity (Wildman–Crippen MR) is 87.2 cm³/mol. The Balaban J connectivity index is 1.51. The minimum absolute atomic E-state index is 0.0191. The van der Waals surface area contributed by atoms with Gasteiger partial charge in [-0.3, -0.25) is 9.69 Å². The van der Waals surface area contributed by atoms with E-state index in [-0.39, 0.29) is 18.1 Å². The Morgan fingerprint density at radius 1 is 1.38 bits per heavy atom. The molecule has 3 rings (SSSR count). The van der Waals surface area contributed by atoms with Crippen molar-refractivity contribution in [3.63, 3.8) is 0 Å². The molecule has 2 fully saturated rings. The number of carbonyl (C=O) groups excluding carboxylic acids is 1. The maximum Gasteiger partial charge on any atom is 0.240 e. The molecule has 0 saturated carbocycles. The lowest BCUT2D eigenvalue weighted by Crippen LogP contribution is -2.45. The van der Waals surface area contributed by atoms with Gasteiger partial charge in [0.15, 0.2) is 5.82 Å². The molecular formula is C16H27N5O3. The minimum atomic E-state index is -0.168. The highest BCUT2D eigenvalue weighted by Gasteiger charge is 2.28.